The molecule has 2 rings (SSSR count). The largest absolute Gasteiger partial charge is 0.373 e. The lowest BCUT2D eigenvalue weighted by molar-refractivity contribution is 0.687. The van der Waals surface area contributed by atoms with Gasteiger partial charge in [-0.25, -0.2) is 9.97 Å². The molecule has 0 aliphatic heterocycles. The number of aryl methyl sites for hydroxylation is 1. The average molecular weight is 248 g/mol. The maximum atomic E-state index is 4.66. The summed E-state index contributed by atoms with van der Waals surface area (Å²) in [5, 5.41) is 6.72. The van der Waals surface area contributed by atoms with Crippen LogP contribution < -0.4 is 10.6 Å². The Morgan fingerprint density at radius 1 is 1.28 bits per heavy atom. The van der Waals surface area contributed by atoms with Crippen LogP contribution in [0.5, 0.6) is 0 Å². The van der Waals surface area contributed by atoms with Gasteiger partial charge in [0.05, 0.1) is 0 Å². The second-order valence-corrected chi connectivity index (χ2v) is 5.23. The number of hydrogen-bond acceptors (Lipinski definition) is 4. The van der Waals surface area contributed by atoms with Gasteiger partial charge in [-0.3, -0.25) is 0 Å². The molecule has 1 aliphatic rings. The minimum atomic E-state index is 0.512. The lowest BCUT2D eigenvalue weighted by atomic mass is 10.2. The van der Waals surface area contributed by atoms with Gasteiger partial charge in [0, 0.05) is 25.1 Å². The lowest BCUT2D eigenvalue weighted by Crippen LogP contribution is -2.20. The quantitative estimate of drug-likeness (QED) is 0.812. The number of anilines is 2. The average Bonchev–Trinajstić information content (AvgIpc) is 3.17. The molecule has 2 N–H and O–H groups in total. The molecule has 1 atom stereocenters. The van der Waals surface area contributed by atoms with Gasteiger partial charge in [0.1, 0.15) is 17.5 Å². The molecule has 1 saturated carbocycles. The van der Waals surface area contributed by atoms with Gasteiger partial charge in [-0.2, -0.15) is 0 Å². The summed E-state index contributed by atoms with van der Waals surface area (Å²) in [6, 6.07) is 0.512. The highest BCUT2D eigenvalue weighted by atomic mass is 15.1. The molecule has 1 aromatic heterocycles. The molecule has 1 aromatic rings. The first kappa shape index (κ1) is 13.1. The first-order valence-corrected chi connectivity index (χ1v) is 6.97. The van der Waals surface area contributed by atoms with Crippen LogP contribution in [0.1, 0.15) is 44.5 Å². The van der Waals surface area contributed by atoms with Crippen LogP contribution in [0.25, 0.3) is 0 Å². The summed E-state index contributed by atoms with van der Waals surface area (Å²) in [6.45, 7) is 6.48. The van der Waals surface area contributed by atoms with Crippen molar-refractivity contribution in [1.82, 2.24) is 9.97 Å². The third-order valence-electron chi connectivity index (χ3n) is 3.60. The van der Waals surface area contributed by atoms with Crippen LogP contribution in [-0.4, -0.2) is 23.1 Å². The van der Waals surface area contributed by atoms with E-state index in [0.29, 0.717) is 6.04 Å². The van der Waals surface area contributed by atoms with Crippen LogP contribution in [0.3, 0.4) is 0 Å². The third-order valence-corrected chi connectivity index (χ3v) is 3.60. The number of nitrogens with zero attached hydrogens (tertiary/aromatic N) is 2. The Kier molecular flexibility index (Phi) is 4.04. The van der Waals surface area contributed by atoms with E-state index in [-0.39, 0.29) is 0 Å². The van der Waals surface area contributed by atoms with Crippen molar-refractivity contribution in [2.24, 2.45) is 5.92 Å². The predicted octanol–water partition coefficient (Wildman–Crippen LogP) is 2.99. The van der Waals surface area contributed by atoms with Gasteiger partial charge >= 0.3 is 0 Å². The third kappa shape index (κ3) is 2.92. The highest BCUT2D eigenvalue weighted by molar-refractivity contribution is 5.57. The van der Waals surface area contributed by atoms with Gasteiger partial charge in [0.2, 0.25) is 0 Å². The summed E-state index contributed by atoms with van der Waals surface area (Å²) in [6.07, 6.45) is 4.70. The van der Waals surface area contributed by atoms with Gasteiger partial charge in [-0.1, -0.05) is 6.92 Å². The van der Waals surface area contributed by atoms with Crippen molar-refractivity contribution < 1.29 is 0 Å². The van der Waals surface area contributed by atoms with Gasteiger partial charge in [-0.05, 0) is 39.0 Å². The molecule has 1 aliphatic carbocycles. The van der Waals surface area contributed by atoms with Crippen molar-refractivity contribution in [3.8, 4) is 0 Å². The van der Waals surface area contributed by atoms with Crippen molar-refractivity contribution >= 4 is 11.6 Å². The van der Waals surface area contributed by atoms with Gasteiger partial charge in [0.15, 0.2) is 0 Å². The molecule has 4 nitrogen and oxygen atoms in total. The lowest BCUT2D eigenvalue weighted by Gasteiger charge is -2.18. The van der Waals surface area contributed by atoms with E-state index in [1.54, 1.807) is 0 Å². The first-order valence-electron chi connectivity index (χ1n) is 6.97. The van der Waals surface area contributed by atoms with E-state index in [1.807, 2.05) is 7.05 Å². The van der Waals surface area contributed by atoms with Crippen LogP contribution in [0.4, 0.5) is 11.6 Å². The zero-order valence-electron chi connectivity index (χ0n) is 11.9. The van der Waals surface area contributed by atoms with E-state index in [4.69, 9.17) is 0 Å². The fraction of sp³-hybridized carbons (Fsp3) is 0.714. The fourth-order valence-electron chi connectivity index (χ4n) is 2.21. The summed E-state index contributed by atoms with van der Waals surface area (Å²) < 4.78 is 0. The van der Waals surface area contributed by atoms with Gasteiger partial charge in [-0.15, -0.1) is 0 Å². The highest BCUT2D eigenvalue weighted by Gasteiger charge is 2.28. The minimum absolute atomic E-state index is 0.512. The monoisotopic (exact) mass is 248 g/mol. The van der Waals surface area contributed by atoms with Crippen molar-refractivity contribution in [1.29, 1.82) is 0 Å². The molecule has 4 heteroatoms. The smallest absolute Gasteiger partial charge is 0.134 e. The Labute approximate surface area is 110 Å². The maximum absolute atomic E-state index is 4.66. The van der Waals surface area contributed by atoms with Crippen molar-refractivity contribution in [3.63, 3.8) is 0 Å². The molecule has 18 heavy (non-hydrogen) atoms. The van der Waals surface area contributed by atoms with E-state index in [9.17, 15) is 0 Å². The first-order chi connectivity index (χ1) is 8.65. The Bertz CT molecular complexity index is 413. The molecule has 100 valence electrons. The molecule has 0 spiro atoms. The summed E-state index contributed by atoms with van der Waals surface area (Å²) in [5.41, 5.74) is 1.12. The van der Waals surface area contributed by atoms with Gasteiger partial charge in [0.25, 0.3) is 0 Å². The molecule has 0 saturated heterocycles. The Balaban J connectivity index is 2.22. The van der Waals surface area contributed by atoms with Crippen LogP contribution in [0.15, 0.2) is 0 Å². The molecule has 1 unspecified atom stereocenters. The summed E-state index contributed by atoms with van der Waals surface area (Å²) in [5.74, 6) is 3.70. The van der Waals surface area contributed by atoms with Crippen LogP contribution in [0, 0.1) is 12.8 Å². The van der Waals surface area contributed by atoms with Crippen molar-refractivity contribution in [2.45, 2.75) is 52.5 Å². The van der Waals surface area contributed by atoms with E-state index in [0.717, 1.165) is 41.8 Å². The van der Waals surface area contributed by atoms with E-state index >= 15 is 0 Å². The van der Waals surface area contributed by atoms with E-state index < -0.39 is 0 Å². The number of hydrogen-bond donors (Lipinski definition) is 2. The summed E-state index contributed by atoms with van der Waals surface area (Å²) in [7, 11) is 1.92. The fourth-order valence-corrected chi connectivity index (χ4v) is 2.21. The Morgan fingerprint density at radius 2 is 1.94 bits per heavy atom. The Hall–Kier alpha value is -1.32. The van der Waals surface area contributed by atoms with E-state index in [2.05, 4.69) is 41.4 Å². The molecule has 0 amide bonds. The molecular weight excluding hydrogens is 224 g/mol. The van der Waals surface area contributed by atoms with Crippen LogP contribution in [-0.2, 0) is 6.42 Å². The molecule has 1 fully saturated rings. The number of rotatable bonds is 6. The zero-order valence-corrected chi connectivity index (χ0v) is 11.9. The molecule has 0 radical (unpaired) electrons. The van der Waals surface area contributed by atoms with Crippen molar-refractivity contribution in [3.05, 3.63) is 11.4 Å². The molecule has 1 heterocycles. The zero-order chi connectivity index (χ0) is 13.1. The van der Waals surface area contributed by atoms with E-state index in [1.165, 1.54) is 12.8 Å². The van der Waals surface area contributed by atoms with Crippen LogP contribution >= 0.6 is 0 Å². The topological polar surface area (TPSA) is 49.8 Å². The normalized spacial score (nSPS) is 16.4. The van der Waals surface area contributed by atoms with Crippen LogP contribution in [0.2, 0.25) is 0 Å². The SMILES string of the molecule is CCCc1nc(NC)c(C)c(NC(C)C2CC2)n1. The van der Waals surface area contributed by atoms with Crippen molar-refractivity contribution in [2.75, 3.05) is 17.7 Å². The number of nitrogens with one attached hydrogen (secondary N) is 2. The second-order valence-electron chi connectivity index (χ2n) is 5.23. The molecule has 0 aromatic carbocycles. The molecular formula is C14H24N4. The summed E-state index contributed by atoms with van der Waals surface area (Å²) in [4.78, 5) is 9.21. The molecule has 0 bridgehead atoms. The predicted molar refractivity (Wildman–Crippen MR) is 76.1 cm³/mol. The Morgan fingerprint density at radius 3 is 2.50 bits per heavy atom. The number of aromatic nitrogens is 2. The maximum Gasteiger partial charge on any atom is 0.134 e. The van der Waals surface area contributed by atoms with Gasteiger partial charge < -0.3 is 10.6 Å². The standard InChI is InChI=1S/C14H24N4/c1-5-6-12-17-13(15-4)9(2)14(18-12)16-10(3)11-7-8-11/h10-11H,5-8H2,1-4H3,(H2,15,16,17,18). The second kappa shape index (κ2) is 5.55. The summed E-state index contributed by atoms with van der Waals surface area (Å²) >= 11 is 0. The highest BCUT2D eigenvalue weighted by Crippen LogP contribution is 2.34. The minimum Gasteiger partial charge on any atom is -0.373 e.